The van der Waals surface area contributed by atoms with E-state index in [2.05, 4.69) is 44.0 Å². The molecule has 8 nitrogen and oxygen atoms in total. The van der Waals surface area contributed by atoms with E-state index >= 15 is 0 Å². The summed E-state index contributed by atoms with van der Waals surface area (Å²) in [7, 11) is 5.71. The average molecular weight is 323 g/mol. The zero-order valence-electron chi connectivity index (χ0n) is 14.9. The average Bonchev–Trinajstić information content (AvgIpc) is 2.93. The number of hydrogen-bond donors (Lipinski definition) is 1. The summed E-state index contributed by atoms with van der Waals surface area (Å²) in [5.41, 5.74) is 0. The van der Waals surface area contributed by atoms with Gasteiger partial charge in [-0.15, -0.1) is 0 Å². The van der Waals surface area contributed by atoms with Crippen molar-refractivity contribution >= 4 is 5.96 Å². The number of hydrogen-bond acceptors (Lipinski definition) is 5. The minimum atomic E-state index is 0.425. The number of guanidine groups is 1. The summed E-state index contributed by atoms with van der Waals surface area (Å²) < 4.78 is 7.29. The van der Waals surface area contributed by atoms with Crippen LogP contribution in [-0.4, -0.2) is 83.0 Å². The molecular weight excluding hydrogens is 294 g/mol. The minimum Gasteiger partial charge on any atom is -0.379 e. The Balaban J connectivity index is 1.85. The van der Waals surface area contributed by atoms with Crippen LogP contribution < -0.4 is 5.32 Å². The van der Waals surface area contributed by atoms with Crippen molar-refractivity contribution in [2.75, 3.05) is 40.4 Å². The first-order chi connectivity index (χ1) is 11.0. The van der Waals surface area contributed by atoms with E-state index in [1.165, 1.54) is 0 Å². The highest BCUT2D eigenvalue weighted by Crippen LogP contribution is 2.10. The number of aromatic nitrogens is 3. The Morgan fingerprint density at radius 3 is 3.00 bits per heavy atom. The number of nitrogens with zero attached hydrogens (tertiary/aromatic N) is 6. The summed E-state index contributed by atoms with van der Waals surface area (Å²) in [6, 6.07) is 0.882. The van der Waals surface area contributed by atoms with Gasteiger partial charge in [-0.05, 0) is 13.8 Å². The van der Waals surface area contributed by atoms with E-state index in [0.717, 1.165) is 38.1 Å². The van der Waals surface area contributed by atoms with Crippen molar-refractivity contribution in [2.24, 2.45) is 12.0 Å². The van der Waals surface area contributed by atoms with Crippen molar-refractivity contribution in [1.29, 1.82) is 0 Å². The van der Waals surface area contributed by atoms with Gasteiger partial charge in [-0.2, -0.15) is 5.10 Å². The van der Waals surface area contributed by atoms with Crippen LogP contribution in [0, 0.1) is 0 Å². The van der Waals surface area contributed by atoms with Gasteiger partial charge in [-0.25, -0.2) is 4.98 Å². The Kier molecular flexibility index (Phi) is 6.35. The van der Waals surface area contributed by atoms with Crippen molar-refractivity contribution in [3.63, 3.8) is 0 Å². The van der Waals surface area contributed by atoms with Crippen molar-refractivity contribution < 1.29 is 4.74 Å². The van der Waals surface area contributed by atoms with Gasteiger partial charge in [-0.1, -0.05) is 0 Å². The number of ether oxygens (including phenoxy) is 1. The molecule has 1 saturated heterocycles. The van der Waals surface area contributed by atoms with Crippen molar-refractivity contribution in [1.82, 2.24) is 29.9 Å². The van der Waals surface area contributed by atoms with Crippen LogP contribution in [0.5, 0.6) is 0 Å². The molecule has 1 N–H and O–H groups in total. The molecule has 0 bridgehead atoms. The van der Waals surface area contributed by atoms with Gasteiger partial charge in [0, 0.05) is 46.3 Å². The monoisotopic (exact) mass is 323 g/mol. The molecule has 1 fully saturated rings. The SMILES string of the molecule is CN=C(NCC(C)N1CCOCC1C)N(C)Cc1ncnn1C. The molecule has 2 unspecified atom stereocenters. The molecule has 23 heavy (non-hydrogen) atoms. The molecule has 0 spiro atoms. The Morgan fingerprint density at radius 1 is 1.61 bits per heavy atom. The normalized spacial score (nSPS) is 21.3. The second-order valence-electron chi connectivity index (χ2n) is 6.09. The van der Waals surface area contributed by atoms with Crippen LogP contribution in [0.2, 0.25) is 0 Å². The zero-order valence-corrected chi connectivity index (χ0v) is 14.9. The number of nitrogens with one attached hydrogen (secondary N) is 1. The molecule has 0 aliphatic carbocycles. The van der Waals surface area contributed by atoms with Crippen molar-refractivity contribution in [3.05, 3.63) is 12.2 Å². The zero-order chi connectivity index (χ0) is 16.8. The maximum absolute atomic E-state index is 5.51. The molecule has 1 aromatic heterocycles. The third-order valence-corrected chi connectivity index (χ3v) is 4.30. The number of aryl methyl sites for hydroxylation is 1. The predicted octanol–water partition coefficient (Wildman–Crippen LogP) is -0.0685. The van der Waals surface area contributed by atoms with Crippen LogP contribution in [0.15, 0.2) is 11.3 Å². The highest BCUT2D eigenvalue weighted by Gasteiger charge is 2.23. The molecule has 0 saturated carbocycles. The van der Waals surface area contributed by atoms with Gasteiger partial charge in [0.05, 0.1) is 19.8 Å². The number of rotatable bonds is 5. The van der Waals surface area contributed by atoms with Crippen LogP contribution >= 0.6 is 0 Å². The molecule has 2 heterocycles. The van der Waals surface area contributed by atoms with Gasteiger partial charge < -0.3 is 15.0 Å². The summed E-state index contributed by atoms with van der Waals surface area (Å²) in [6.45, 7) is 8.58. The van der Waals surface area contributed by atoms with Gasteiger partial charge in [-0.3, -0.25) is 14.6 Å². The molecule has 1 aliphatic rings. The maximum atomic E-state index is 5.51. The summed E-state index contributed by atoms with van der Waals surface area (Å²) in [6.07, 6.45) is 1.57. The van der Waals surface area contributed by atoms with E-state index in [1.54, 1.807) is 18.1 Å². The maximum Gasteiger partial charge on any atom is 0.193 e. The summed E-state index contributed by atoms with van der Waals surface area (Å²) >= 11 is 0. The fraction of sp³-hybridized carbons (Fsp3) is 0.800. The van der Waals surface area contributed by atoms with E-state index in [9.17, 15) is 0 Å². The summed E-state index contributed by atoms with van der Waals surface area (Å²) in [4.78, 5) is 13.2. The van der Waals surface area contributed by atoms with Crippen molar-refractivity contribution in [2.45, 2.75) is 32.5 Å². The lowest BCUT2D eigenvalue weighted by Gasteiger charge is -2.38. The Morgan fingerprint density at radius 2 is 2.39 bits per heavy atom. The van der Waals surface area contributed by atoms with E-state index in [-0.39, 0.29) is 0 Å². The van der Waals surface area contributed by atoms with Gasteiger partial charge in [0.25, 0.3) is 0 Å². The molecule has 0 aromatic carbocycles. The molecule has 0 radical (unpaired) electrons. The van der Waals surface area contributed by atoms with Gasteiger partial charge in [0.1, 0.15) is 12.2 Å². The summed E-state index contributed by atoms with van der Waals surface area (Å²) in [5, 5.41) is 7.55. The van der Waals surface area contributed by atoms with Crippen LogP contribution in [0.25, 0.3) is 0 Å². The topological polar surface area (TPSA) is 70.8 Å². The number of morpholine rings is 1. The van der Waals surface area contributed by atoms with Gasteiger partial charge >= 0.3 is 0 Å². The first-order valence-corrected chi connectivity index (χ1v) is 8.11. The molecule has 2 atom stereocenters. The van der Waals surface area contributed by atoms with E-state index in [4.69, 9.17) is 4.74 Å². The highest BCUT2D eigenvalue weighted by molar-refractivity contribution is 5.79. The highest BCUT2D eigenvalue weighted by atomic mass is 16.5. The Hall–Kier alpha value is -1.67. The largest absolute Gasteiger partial charge is 0.379 e. The lowest BCUT2D eigenvalue weighted by atomic mass is 10.2. The summed E-state index contributed by atoms with van der Waals surface area (Å²) in [5.74, 6) is 1.77. The van der Waals surface area contributed by atoms with Crippen LogP contribution in [0.1, 0.15) is 19.7 Å². The second kappa shape index (κ2) is 8.26. The Labute approximate surface area is 138 Å². The lowest BCUT2D eigenvalue weighted by molar-refractivity contribution is -0.0175. The molecule has 2 rings (SSSR count). The quantitative estimate of drug-likeness (QED) is 0.604. The first kappa shape index (κ1) is 17.7. The third-order valence-electron chi connectivity index (χ3n) is 4.30. The fourth-order valence-corrected chi connectivity index (χ4v) is 2.89. The van der Waals surface area contributed by atoms with E-state index in [0.29, 0.717) is 18.6 Å². The lowest BCUT2D eigenvalue weighted by Crippen LogP contribution is -2.53. The number of aliphatic imine (C=N–C) groups is 1. The van der Waals surface area contributed by atoms with Gasteiger partial charge in [0.2, 0.25) is 0 Å². The Bertz CT molecular complexity index is 516. The van der Waals surface area contributed by atoms with Gasteiger partial charge in [0.15, 0.2) is 5.96 Å². The van der Waals surface area contributed by atoms with Crippen LogP contribution in [0.4, 0.5) is 0 Å². The van der Waals surface area contributed by atoms with Crippen molar-refractivity contribution in [3.8, 4) is 0 Å². The molecule has 130 valence electrons. The molecule has 1 aromatic rings. The molecule has 8 heteroatoms. The standard InChI is InChI=1S/C15H29N7O/c1-12(22-6-7-23-10-13(22)2)8-17-15(16-3)20(4)9-14-18-11-19-21(14)5/h11-13H,6-10H2,1-5H3,(H,16,17). The van der Waals surface area contributed by atoms with Crippen LogP contribution in [-0.2, 0) is 18.3 Å². The van der Waals surface area contributed by atoms with E-state index < -0.39 is 0 Å². The van der Waals surface area contributed by atoms with Crippen LogP contribution in [0.3, 0.4) is 0 Å². The fourth-order valence-electron chi connectivity index (χ4n) is 2.89. The molecule has 1 aliphatic heterocycles. The molecule has 0 amide bonds. The first-order valence-electron chi connectivity index (χ1n) is 8.11. The second-order valence-corrected chi connectivity index (χ2v) is 6.09. The van der Waals surface area contributed by atoms with E-state index in [1.807, 2.05) is 14.1 Å². The minimum absolute atomic E-state index is 0.425. The third kappa shape index (κ3) is 4.65. The molecular formula is C15H29N7O. The predicted molar refractivity (Wildman–Crippen MR) is 90.3 cm³/mol. The smallest absolute Gasteiger partial charge is 0.193 e.